The quantitative estimate of drug-likeness (QED) is 0.394. The molecule has 4 rings (SSSR count). The number of amides is 2. The van der Waals surface area contributed by atoms with Crippen LogP contribution < -0.4 is 15.1 Å². The van der Waals surface area contributed by atoms with Crippen LogP contribution in [0.25, 0.3) is 6.08 Å². The summed E-state index contributed by atoms with van der Waals surface area (Å²) in [6.07, 6.45) is 1.57. The highest BCUT2D eigenvalue weighted by molar-refractivity contribution is 7.80. The van der Waals surface area contributed by atoms with Crippen molar-refractivity contribution in [2.45, 2.75) is 26.7 Å². The van der Waals surface area contributed by atoms with Gasteiger partial charge in [-0.3, -0.25) is 19.4 Å². The number of benzene rings is 2. The zero-order chi connectivity index (χ0) is 23.7. The average Bonchev–Trinajstić information content (AvgIpc) is 3.33. The Morgan fingerprint density at radius 3 is 2.55 bits per heavy atom. The molecule has 168 valence electrons. The largest absolute Gasteiger partial charge is 0.327 e. The fraction of sp³-hybridized carbons (Fsp3) is 0.167. The molecular weight excluding hydrogens is 459 g/mol. The second kappa shape index (κ2) is 9.21. The minimum atomic E-state index is -0.528. The first-order chi connectivity index (χ1) is 15.8. The van der Waals surface area contributed by atoms with Crippen molar-refractivity contribution in [1.29, 1.82) is 0 Å². The molecule has 2 amide bonds. The summed E-state index contributed by atoms with van der Waals surface area (Å²) in [6, 6.07) is 13.7. The minimum Gasteiger partial charge on any atom is -0.327 e. The summed E-state index contributed by atoms with van der Waals surface area (Å²) in [5, 5.41) is 5.20. The number of aromatic nitrogens is 1. The van der Waals surface area contributed by atoms with E-state index in [9.17, 15) is 14.0 Å². The summed E-state index contributed by atoms with van der Waals surface area (Å²) in [6.45, 7) is 5.55. The zero-order valence-electron chi connectivity index (χ0n) is 18.2. The summed E-state index contributed by atoms with van der Waals surface area (Å²) >= 11 is 6.55. The van der Waals surface area contributed by atoms with Gasteiger partial charge in [0.1, 0.15) is 11.5 Å². The monoisotopic (exact) mass is 480 g/mol. The van der Waals surface area contributed by atoms with Crippen LogP contribution in [0.1, 0.15) is 37.9 Å². The second-order valence-corrected chi connectivity index (χ2v) is 8.96. The van der Waals surface area contributed by atoms with Crippen LogP contribution in [0, 0.1) is 5.82 Å². The molecule has 1 aliphatic rings. The van der Waals surface area contributed by atoms with Crippen molar-refractivity contribution >= 4 is 63.1 Å². The molecule has 1 N–H and O–H groups in total. The predicted molar refractivity (Wildman–Crippen MR) is 133 cm³/mol. The maximum absolute atomic E-state index is 14.3. The van der Waals surface area contributed by atoms with E-state index >= 15 is 0 Å². The zero-order valence-corrected chi connectivity index (χ0v) is 19.8. The van der Waals surface area contributed by atoms with Crippen molar-refractivity contribution in [2.24, 2.45) is 0 Å². The molecule has 33 heavy (non-hydrogen) atoms. The maximum Gasteiger partial charge on any atom is 0.281 e. The van der Waals surface area contributed by atoms with E-state index in [-0.39, 0.29) is 28.3 Å². The molecule has 1 aromatic heterocycles. The maximum atomic E-state index is 14.3. The number of thiocarbonyl (C=S) groups is 1. The Kier molecular flexibility index (Phi) is 6.35. The fourth-order valence-corrected chi connectivity index (χ4v) is 4.55. The molecule has 6 nitrogen and oxygen atoms in total. The number of anilines is 3. The highest BCUT2D eigenvalue weighted by atomic mass is 32.1. The van der Waals surface area contributed by atoms with Crippen molar-refractivity contribution in [3.8, 4) is 0 Å². The van der Waals surface area contributed by atoms with Gasteiger partial charge >= 0.3 is 0 Å². The van der Waals surface area contributed by atoms with E-state index in [0.29, 0.717) is 22.4 Å². The first-order valence-corrected chi connectivity index (χ1v) is 11.5. The summed E-state index contributed by atoms with van der Waals surface area (Å²) in [5.41, 5.74) is 2.68. The SMILES string of the molecule is CC(=O)N(c1nc(/C=C2/NC(=S)N(c3ccc(C(C)C)cc3)C2=O)cs1)c1ccccc1F. The van der Waals surface area contributed by atoms with Gasteiger partial charge < -0.3 is 5.32 Å². The van der Waals surface area contributed by atoms with E-state index in [0.717, 1.165) is 0 Å². The first-order valence-electron chi connectivity index (χ1n) is 10.2. The van der Waals surface area contributed by atoms with Gasteiger partial charge in [-0.2, -0.15) is 0 Å². The highest BCUT2D eigenvalue weighted by Crippen LogP contribution is 2.32. The molecule has 0 saturated carbocycles. The molecule has 0 bridgehead atoms. The molecular formula is C24H21FN4O2S2. The summed E-state index contributed by atoms with van der Waals surface area (Å²) in [4.78, 5) is 32.3. The van der Waals surface area contributed by atoms with Crippen LogP contribution in [0.2, 0.25) is 0 Å². The lowest BCUT2D eigenvalue weighted by Gasteiger charge is -2.18. The molecule has 0 atom stereocenters. The normalized spacial score (nSPS) is 14.8. The van der Waals surface area contributed by atoms with Gasteiger partial charge in [-0.15, -0.1) is 11.3 Å². The van der Waals surface area contributed by atoms with Crippen molar-refractivity contribution < 1.29 is 14.0 Å². The number of para-hydroxylation sites is 1. The van der Waals surface area contributed by atoms with Gasteiger partial charge in [0, 0.05) is 12.3 Å². The first kappa shape index (κ1) is 22.8. The summed E-state index contributed by atoms with van der Waals surface area (Å²) < 4.78 is 14.3. The van der Waals surface area contributed by atoms with Crippen LogP contribution in [0.5, 0.6) is 0 Å². The lowest BCUT2D eigenvalue weighted by molar-refractivity contribution is -0.116. The molecule has 2 aromatic carbocycles. The molecule has 0 spiro atoms. The lowest BCUT2D eigenvalue weighted by atomic mass is 10.0. The Bertz CT molecular complexity index is 1270. The van der Waals surface area contributed by atoms with Crippen molar-refractivity contribution in [3.63, 3.8) is 0 Å². The molecule has 3 aromatic rings. The third-order valence-corrected chi connectivity index (χ3v) is 6.23. The van der Waals surface area contributed by atoms with Crippen molar-refractivity contribution in [3.05, 3.63) is 76.7 Å². The van der Waals surface area contributed by atoms with E-state index in [1.54, 1.807) is 23.6 Å². The molecule has 0 unspecified atom stereocenters. The minimum absolute atomic E-state index is 0.116. The van der Waals surface area contributed by atoms with Gasteiger partial charge in [-0.1, -0.05) is 38.1 Å². The Balaban J connectivity index is 1.60. The van der Waals surface area contributed by atoms with Crippen molar-refractivity contribution in [2.75, 3.05) is 9.80 Å². The average molecular weight is 481 g/mol. The van der Waals surface area contributed by atoms with Crippen molar-refractivity contribution in [1.82, 2.24) is 10.3 Å². The van der Waals surface area contributed by atoms with Gasteiger partial charge in [0.05, 0.1) is 17.1 Å². The number of halogens is 1. The van der Waals surface area contributed by atoms with E-state index in [2.05, 4.69) is 24.1 Å². The number of carbonyl (C=O) groups excluding carboxylic acids is 2. The summed E-state index contributed by atoms with van der Waals surface area (Å²) in [5.74, 6) is -0.822. The van der Waals surface area contributed by atoms with Crippen LogP contribution in [-0.4, -0.2) is 21.9 Å². The van der Waals surface area contributed by atoms with Gasteiger partial charge in [0.25, 0.3) is 5.91 Å². The Morgan fingerprint density at radius 1 is 1.21 bits per heavy atom. The number of thiazole rings is 1. The molecule has 2 heterocycles. The third-order valence-electron chi connectivity index (χ3n) is 5.10. The standard InChI is InChI=1S/C24H21FN4O2S2/c1-14(2)16-8-10-18(11-9-16)29-22(31)20(27-23(29)32)12-17-13-33-24(26-17)28(15(3)30)21-7-5-4-6-19(21)25/h4-14H,1-3H3,(H,27,32)/b20-12+. The highest BCUT2D eigenvalue weighted by Gasteiger charge is 2.32. The smallest absolute Gasteiger partial charge is 0.281 e. The number of hydrogen-bond donors (Lipinski definition) is 1. The number of nitrogens with one attached hydrogen (secondary N) is 1. The van der Waals surface area contributed by atoms with E-state index in [1.807, 2.05) is 24.3 Å². The Labute approximate surface area is 200 Å². The number of carbonyl (C=O) groups is 2. The van der Waals surface area contributed by atoms with Crippen LogP contribution >= 0.6 is 23.6 Å². The lowest BCUT2D eigenvalue weighted by Crippen LogP contribution is -2.30. The number of hydrogen-bond acceptors (Lipinski definition) is 5. The molecule has 1 fully saturated rings. The summed E-state index contributed by atoms with van der Waals surface area (Å²) in [7, 11) is 0. The number of rotatable bonds is 5. The van der Waals surface area contributed by atoms with Crippen LogP contribution in [0.4, 0.5) is 20.9 Å². The van der Waals surface area contributed by atoms with Crippen LogP contribution in [0.15, 0.2) is 59.6 Å². The topological polar surface area (TPSA) is 65.5 Å². The molecule has 9 heteroatoms. The molecule has 1 saturated heterocycles. The number of nitrogens with zero attached hydrogens (tertiary/aromatic N) is 3. The van der Waals surface area contributed by atoms with E-state index in [1.165, 1.54) is 45.8 Å². The Morgan fingerprint density at radius 2 is 1.91 bits per heavy atom. The Hall–Kier alpha value is -3.43. The van der Waals surface area contributed by atoms with E-state index < -0.39 is 5.82 Å². The second-order valence-electron chi connectivity index (χ2n) is 7.74. The van der Waals surface area contributed by atoms with E-state index in [4.69, 9.17) is 12.2 Å². The molecule has 1 aliphatic heterocycles. The predicted octanol–water partition coefficient (Wildman–Crippen LogP) is 5.35. The van der Waals surface area contributed by atoms with Gasteiger partial charge in [0.2, 0.25) is 5.91 Å². The molecule has 0 aliphatic carbocycles. The molecule has 0 radical (unpaired) electrons. The van der Waals surface area contributed by atoms with Gasteiger partial charge in [-0.25, -0.2) is 9.37 Å². The van der Waals surface area contributed by atoms with Gasteiger partial charge in [-0.05, 0) is 54.0 Å². The fourth-order valence-electron chi connectivity index (χ4n) is 3.41. The van der Waals surface area contributed by atoms with Crippen LogP contribution in [0.3, 0.4) is 0 Å². The third kappa shape index (κ3) is 4.55. The van der Waals surface area contributed by atoms with Crippen LogP contribution in [-0.2, 0) is 9.59 Å². The van der Waals surface area contributed by atoms with Gasteiger partial charge in [0.15, 0.2) is 10.2 Å².